The van der Waals surface area contributed by atoms with Gasteiger partial charge in [-0.3, -0.25) is 4.39 Å². The molecule has 0 fully saturated rings. The van der Waals surface area contributed by atoms with Gasteiger partial charge in [0.25, 0.3) is 0 Å². The topological polar surface area (TPSA) is 34.1 Å². The first kappa shape index (κ1) is 11.2. The molecule has 11 heavy (non-hydrogen) atoms. The summed E-state index contributed by atoms with van der Waals surface area (Å²) in [4.78, 5) is 0. The summed E-state index contributed by atoms with van der Waals surface area (Å²) in [6.07, 6.45) is 2.52. The van der Waals surface area contributed by atoms with Crippen molar-refractivity contribution >= 4 is 19.7 Å². The smallest absolute Gasteiger partial charge is 0.232 e. The van der Waals surface area contributed by atoms with Crippen LogP contribution in [-0.4, -0.2) is 20.8 Å². The highest BCUT2D eigenvalue weighted by Crippen LogP contribution is 2.05. The molecule has 0 bridgehead atoms. The van der Waals surface area contributed by atoms with Gasteiger partial charge in [0.2, 0.25) is 9.05 Å². The standard InChI is InChI=1S/C6H12ClFO2S/c7-11(9,10)6-4-2-1-3-5-8/h1-6H2. The Bertz CT molecular complexity index is 179. The van der Waals surface area contributed by atoms with E-state index in [1.54, 1.807) is 0 Å². The van der Waals surface area contributed by atoms with Crippen LogP contribution < -0.4 is 0 Å². The van der Waals surface area contributed by atoms with E-state index in [1.807, 2.05) is 0 Å². The van der Waals surface area contributed by atoms with Crippen LogP contribution in [0.1, 0.15) is 25.7 Å². The molecule has 0 saturated carbocycles. The van der Waals surface area contributed by atoms with E-state index in [9.17, 15) is 12.8 Å². The van der Waals surface area contributed by atoms with Gasteiger partial charge in [0, 0.05) is 10.7 Å². The van der Waals surface area contributed by atoms with E-state index >= 15 is 0 Å². The van der Waals surface area contributed by atoms with Crippen LogP contribution in [0, 0.1) is 0 Å². The summed E-state index contributed by atoms with van der Waals surface area (Å²) >= 11 is 0. The van der Waals surface area contributed by atoms with Crippen LogP contribution in [0.15, 0.2) is 0 Å². The van der Waals surface area contributed by atoms with Gasteiger partial charge in [-0.2, -0.15) is 0 Å². The Morgan fingerprint density at radius 3 is 2.09 bits per heavy atom. The average molecular weight is 203 g/mol. The van der Waals surface area contributed by atoms with Crippen molar-refractivity contribution in [1.82, 2.24) is 0 Å². The van der Waals surface area contributed by atoms with Crippen molar-refractivity contribution in [2.75, 3.05) is 12.4 Å². The molecule has 0 aromatic carbocycles. The number of halogens is 2. The van der Waals surface area contributed by atoms with E-state index in [2.05, 4.69) is 0 Å². The lowest BCUT2D eigenvalue weighted by molar-refractivity contribution is 0.455. The lowest BCUT2D eigenvalue weighted by Crippen LogP contribution is -1.96. The van der Waals surface area contributed by atoms with Crippen LogP contribution in [0.3, 0.4) is 0 Å². The highest BCUT2D eigenvalue weighted by molar-refractivity contribution is 8.13. The molecule has 0 saturated heterocycles. The Labute approximate surface area is 71.2 Å². The molecule has 0 aromatic heterocycles. The van der Waals surface area contributed by atoms with Crippen molar-refractivity contribution in [3.05, 3.63) is 0 Å². The summed E-state index contributed by atoms with van der Waals surface area (Å²) in [7, 11) is 1.61. The van der Waals surface area contributed by atoms with Gasteiger partial charge in [-0.1, -0.05) is 12.8 Å². The number of rotatable bonds is 6. The SMILES string of the molecule is O=S(=O)(Cl)CCCCCCF. The van der Waals surface area contributed by atoms with Gasteiger partial charge in [-0.05, 0) is 12.8 Å². The van der Waals surface area contributed by atoms with E-state index in [1.165, 1.54) is 0 Å². The zero-order valence-corrected chi connectivity index (χ0v) is 7.80. The highest BCUT2D eigenvalue weighted by atomic mass is 35.7. The van der Waals surface area contributed by atoms with Crippen LogP contribution >= 0.6 is 10.7 Å². The zero-order chi connectivity index (χ0) is 8.74. The van der Waals surface area contributed by atoms with Crippen molar-refractivity contribution in [1.29, 1.82) is 0 Å². The minimum atomic E-state index is -3.33. The molecule has 0 unspecified atom stereocenters. The molecule has 0 heterocycles. The molecule has 0 rings (SSSR count). The largest absolute Gasteiger partial charge is 0.251 e. The van der Waals surface area contributed by atoms with Gasteiger partial charge in [0.1, 0.15) is 0 Å². The van der Waals surface area contributed by atoms with Crippen LogP contribution in [0.4, 0.5) is 4.39 Å². The van der Waals surface area contributed by atoms with E-state index < -0.39 is 9.05 Å². The van der Waals surface area contributed by atoms with Gasteiger partial charge in [0.15, 0.2) is 0 Å². The lowest BCUT2D eigenvalue weighted by Gasteiger charge is -1.95. The van der Waals surface area contributed by atoms with E-state index in [-0.39, 0.29) is 12.4 Å². The molecule has 68 valence electrons. The maximum atomic E-state index is 11.5. The molecule has 5 heteroatoms. The van der Waals surface area contributed by atoms with E-state index in [0.29, 0.717) is 12.8 Å². The second-order valence-electron chi connectivity index (χ2n) is 2.35. The maximum absolute atomic E-state index is 11.5. The lowest BCUT2D eigenvalue weighted by atomic mass is 10.2. The molecule has 0 amide bonds. The van der Waals surface area contributed by atoms with Gasteiger partial charge in [-0.15, -0.1) is 0 Å². The minimum absolute atomic E-state index is 0.000835. The van der Waals surface area contributed by atoms with Crippen LogP contribution in [-0.2, 0) is 9.05 Å². The summed E-state index contributed by atoms with van der Waals surface area (Å²) in [5.41, 5.74) is 0. The minimum Gasteiger partial charge on any atom is -0.251 e. The van der Waals surface area contributed by atoms with Crippen LogP contribution in [0.2, 0.25) is 0 Å². The molecular weight excluding hydrogens is 191 g/mol. The number of unbranched alkanes of at least 4 members (excludes halogenated alkanes) is 3. The van der Waals surface area contributed by atoms with Crippen molar-refractivity contribution < 1.29 is 12.8 Å². The summed E-state index contributed by atoms with van der Waals surface area (Å²) in [5, 5.41) is 0. The Balaban J connectivity index is 3.16. The molecule has 0 aromatic rings. The fraction of sp³-hybridized carbons (Fsp3) is 1.00. The van der Waals surface area contributed by atoms with Crippen molar-refractivity contribution in [2.45, 2.75) is 25.7 Å². The third kappa shape index (κ3) is 10.2. The van der Waals surface area contributed by atoms with Crippen LogP contribution in [0.5, 0.6) is 0 Å². The monoisotopic (exact) mass is 202 g/mol. The van der Waals surface area contributed by atoms with Gasteiger partial charge in [0.05, 0.1) is 12.4 Å². The molecule has 0 aliphatic rings. The predicted octanol–water partition coefficient (Wildman–Crippen LogP) is 2.08. The molecule has 0 atom stereocenters. The normalized spacial score (nSPS) is 11.8. The molecule has 0 radical (unpaired) electrons. The summed E-state index contributed by atoms with van der Waals surface area (Å²) < 4.78 is 32.2. The first-order valence-electron chi connectivity index (χ1n) is 3.54. The third-order valence-corrected chi connectivity index (χ3v) is 2.51. The van der Waals surface area contributed by atoms with Crippen molar-refractivity contribution in [2.24, 2.45) is 0 Å². The second kappa shape index (κ2) is 5.77. The molecule has 0 spiro atoms. The summed E-state index contributed by atoms with van der Waals surface area (Å²) in [6, 6.07) is 0. The molecule has 0 aliphatic heterocycles. The summed E-state index contributed by atoms with van der Waals surface area (Å²) in [5.74, 6) is 0.000835. The molecule has 2 nitrogen and oxygen atoms in total. The molecule has 0 aliphatic carbocycles. The van der Waals surface area contributed by atoms with Crippen molar-refractivity contribution in [3.63, 3.8) is 0 Å². The van der Waals surface area contributed by atoms with Gasteiger partial charge in [-0.25, -0.2) is 8.42 Å². The highest BCUT2D eigenvalue weighted by Gasteiger charge is 2.03. The second-order valence-corrected chi connectivity index (χ2v) is 5.24. The third-order valence-electron chi connectivity index (χ3n) is 1.27. The Kier molecular flexibility index (Phi) is 5.86. The fourth-order valence-corrected chi connectivity index (χ4v) is 1.60. The predicted molar refractivity (Wildman–Crippen MR) is 44.1 cm³/mol. The molecule has 0 N–H and O–H groups in total. The van der Waals surface area contributed by atoms with E-state index in [4.69, 9.17) is 10.7 Å². The maximum Gasteiger partial charge on any atom is 0.232 e. The fourth-order valence-electron chi connectivity index (χ4n) is 0.723. The quantitative estimate of drug-likeness (QED) is 0.488. The zero-order valence-electron chi connectivity index (χ0n) is 6.22. The Morgan fingerprint density at radius 2 is 1.64 bits per heavy atom. The first-order chi connectivity index (χ1) is 5.06. The van der Waals surface area contributed by atoms with Gasteiger partial charge >= 0.3 is 0 Å². The van der Waals surface area contributed by atoms with E-state index in [0.717, 1.165) is 12.8 Å². The number of hydrogen-bond acceptors (Lipinski definition) is 2. The Hall–Kier alpha value is 0.170. The first-order valence-corrected chi connectivity index (χ1v) is 6.02. The van der Waals surface area contributed by atoms with Gasteiger partial charge < -0.3 is 0 Å². The molecular formula is C6H12ClFO2S. The average Bonchev–Trinajstić information content (AvgIpc) is 1.85. The van der Waals surface area contributed by atoms with Crippen molar-refractivity contribution in [3.8, 4) is 0 Å². The number of alkyl halides is 1. The van der Waals surface area contributed by atoms with Crippen LogP contribution in [0.25, 0.3) is 0 Å². The summed E-state index contributed by atoms with van der Waals surface area (Å²) in [6.45, 7) is -0.326. The Morgan fingerprint density at radius 1 is 1.09 bits per heavy atom. The number of hydrogen-bond donors (Lipinski definition) is 0.